The van der Waals surface area contributed by atoms with Gasteiger partial charge in [-0.3, -0.25) is 4.99 Å². The Balaban J connectivity index is 1.58. The van der Waals surface area contributed by atoms with Crippen molar-refractivity contribution in [2.75, 3.05) is 20.2 Å². The van der Waals surface area contributed by atoms with Gasteiger partial charge in [0, 0.05) is 20.1 Å². The highest BCUT2D eigenvalue weighted by Crippen LogP contribution is 2.08. The first-order valence-corrected chi connectivity index (χ1v) is 8.46. The second-order valence-corrected chi connectivity index (χ2v) is 5.71. The van der Waals surface area contributed by atoms with Gasteiger partial charge >= 0.3 is 0 Å². The average Bonchev–Trinajstić information content (AvgIpc) is 2.61. The number of hydrogen-bond acceptors (Lipinski definition) is 2. The van der Waals surface area contributed by atoms with Crippen LogP contribution in [0.4, 0.5) is 0 Å². The number of aliphatic imine (C=N–C) groups is 1. The predicted molar refractivity (Wildman–Crippen MR) is 101 cm³/mol. The van der Waals surface area contributed by atoms with E-state index >= 15 is 0 Å². The molecule has 24 heavy (non-hydrogen) atoms. The van der Waals surface area contributed by atoms with Gasteiger partial charge in [0.2, 0.25) is 0 Å². The van der Waals surface area contributed by atoms with Crippen LogP contribution in [0, 0.1) is 6.92 Å². The summed E-state index contributed by atoms with van der Waals surface area (Å²) in [7, 11) is 1.80. The fourth-order valence-electron chi connectivity index (χ4n) is 2.37. The number of rotatable bonds is 8. The number of benzene rings is 2. The Hall–Kier alpha value is -2.49. The Bertz CT molecular complexity index is 626. The fraction of sp³-hybridized carbons (Fsp3) is 0.350. The van der Waals surface area contributed by atoms with Crippen molar-refractivity contribution in [3.8, 4) is 5.75 Å². The van der Waals surface area contributed by atoms with Gasteiger partial charge in [-0.25, -0.2) is 0 Å². The Morgan fingerprint density at radius 2 is 1.83 bits per heavy atom. The molecule has 0 fully saturated rings. The van der Waals surface area contributed by atoms with Crippen LogP contribution >= 0.6 is 0 Å². The van der Waals surface area contributed by atoms with E-state index in [0.717, 1.165) is 44.2 Å². The van der Waals surface area contributed by atoms with Gasteiger partial charge in [0.05, 0.1) is 6.61 Å². The van der Waals surface area contributed by atoms with Crippen LogP contribution in [0.2, 0.25) is 0 Å². The molecule has 0 bridgehead atoms. The number of ether oxygens (including phenoxy) is 1. The van der Waals surface area contributed by atoms with Crippen molar-refractivity contribution in [3.63, 3.8) is 0 Å². The van der Waals surface area contributed by atoms with Gasteiger partial charge in [0.15, 0.2) is 5.96 Å². The first kappa shape index (κ1) is 17.9. The third-order valence-electron chi connectivity index (χ3n) is 3.64. The lowest BCUT2D eigenvalue weighted by Crippen LogP contribution is -2.37. The van der Waals surface area contributed by atoms with Crippen LogP contribution in [0.5, 0.6) is 5.75 Å². The lowest BCUT2D eigenvalue weighted by Gasteiger charge is -2.12. The zero-order valence-corrected chi connectivity index (χ0v) is 14.6. The van der Waals surface area contributed by atoms with E-state index in [1.54, 1.807) is 7.05 Å². The first-order valence-electron chi connectivity index (χ1n) is 8.46. The minimum absolute atomic E-state index is 0.737. The van der Waals surface area contributed by atoms with Gasteiger partial charge in [-0.15, -0.1) is 0 Å². The standard InChI is InChI=1S/C20H27N3O/c1-17-9-8-10-18(15-17)16-23-20(21-2)22-13-6-7-14-24-19-11-4-3-5-12-19/h3-5,8-12,15H,6-7,13-14,16H2,1-2H3,(H2,21,22,23). The highest BCUT2D eigenvalue weighted by molar-refractivity contribution is 5.79. The number of nitrogens with one attached hydrogen (secondary N) is 2. The minimum atomic E-state index is 0.737. The summed E-state index contributed by atoms with van der Waals surface area (Å²) in [5.41, 5.74) is 2.53. The maximum atomic E-state index is 5.68. The molecule has 0 heterocycles. The van der Waals surface area contributed by atoms with Gasteiger partial charge < -0.3 is 15.4 Å². The van der Waals surface area contributed by atoms with Crippen molar-refractivity contribution in [1.29, 1.82) is 0 Å². The Kier molecular flexibility index (Phi) is 7.68. The number of guanidine groups is 1. The average molecular weight is 325 g/mol. The topological polar surface area (TPSA) is 45.7 Å². The smallest absolute Gasteiger partial charge is 0.191 e. The van der Waals surface area contributed by atoms with E-state index < -0.39 is 0 Å². The second-order valence-electron chi connectivity index (χ2n) is 5.71. The maximum Gasteiger partial charge on any atom is 0.191 e. The molecule has 0 aliphatic rings. The van der Waals surface area contributed by atoms with Crippen LogP contribution in [0.1, 0.15) is 24.0 Å². The molecule has 0 saturated carbocycles. The summed E-state index contributed by atoms with van der Waals surface area (Å²) in [6, 6.07) is 18.4. The van der Waals surface area contributed by atoms with Crippen molar-refractivity contribution in [1.82, 2.24) is 10.6 Å². The van der Waals surface area contributed by atoms with E-state index in [1.807, 2.05) is 30.3 Å². The highest BCUT2D eigenvalue weighted by atomic mass is 16.5. The van der Waals surface area contributed by atoms with E-state index in [9.17, 15) is 0 Å². The molecule has 2 N–H and O–H groups in total. The van der Waals surface area contributed by atoms with E-state index in [-0.39, 0.29) is 0 Å². The fourth-order valence-corrected chi connectivity index (χ4v) is 2.37. The van der Waals surface area contributed by atoms with Crippen molar-refractivity contribution < 1.29 is 4.74 Å². The van der Waals surface area contributed by atoms with E-state index in [4.69, 9.17) is 4.74 Å². The first-order chi connectivity index (χ1) is 11.8. The number of unbranched alkanes of at least 4 members (excludes halogenated alkanes) is 1. The molecule has 2 aromatic rings. The van der Waals surface area contributed by atoms with Crippen molar-refractivity contribution >= 4 is 5.96 Å². The van der Waals surface area contributed by atoms with Crippen LogP contribution in [0.15, 0.2) is 59.6 Å². The predicted octanol–water partition coefficient (Wildman–Crippen LogP) is 3.52. The SMILES string of the molecule is CN=C(NCCCCOc1ccccc1)NCc1cccc(C)c1. The Labute approximate surface area is 145 Å². The van der Waals surface area contributed by atoms with Crippen LogP contribution in [0.25, 0.3) is 0 Å². The van der Waals surface area contributed by atoms with Gasteiger partial charge in [-0.1, -0.05) is 48.0 Å². The molecule has 0 aliphatic carbocycles. The van der Waals surface area contributed by atoms with Crippen LogP contribution < -0.4 is 15.4 Å². The summed E-state index contributed by atoms with van der Waals surface area (Å²) in [4.78, 5) is 4.25. The molecule has 0 radical (unpaired) electrons. The molecular formula is C20H27N3O. The molecule has 0 saturated heterocycles. The third-order valence-corrected chi connectivity index (χ3v) is 3.64. The minimum Gasteiger partial charge on any atom is -0.494 e. The molecule has 0 amide bonds. The number of para-hydroxylation sites is 1. The zero-order valence-electron chi connectivity index (χ0n) is 14.6. The molecule has 4 heteroatoms. The quantitative estimate of drug-likeness (QED) is 0.443. The summed E-state index contributed by atoms with van der Waals surface area (Å²) in [5.74, 6) is 1.77. The van der Waals surface area contributed by atoms with Gasteiger partial charge in [0.1, 0.15) is 5.75 Å². The number of hydrogen-bond donors (Lipinski definition) is 2. The van der Waals surface area contributed by atoms with Gasteiger partial charge in [-0.05, 0) is 37.5 Å². The molecule has 4 nitrogen and oxygen atoms in total. The molecule has 0 unspecified atom stereocenters. The summed E-state index contributed by atoms with van der Waals surface area (Å²) in [6.45, 7) is 4.50. The van der Waals surface area contributed by atoms with Crippen LogP contribution in [-0.2, 0) is 6.54 Å². The second kappa shape index (κ2) is 10.3. The van der Waals surface area contributed by atoms with Crippen LogP contribution in [-0.4, -0.2) is 26.2 Å². The molecule has 2 aromatic carbocycles. The van der Waals surface area contributed by atoms with Gasteiger partial charge in [0.25, 0.3) is 0 Å². The molecule has 128 valence electrons. The molecule has 0 aliphatic heterocycles. The van der Waals surface area contributed by atoms with Crippen molar-refractivity contribution in [3.05, 3.63) is 65.7 Å². The molecular weight excluding hydrogens is 298 g/mol. The summed E-state index contributed by atoms with van der Waals surface area (Å²) in [6.07, 6.45) is 2.05. The normalized spacial score (nSPS) is 11.2. The summed E-state index contributed by atoms with van der Waals surface area (Å²) in [5, 5.41) is 6.67. The Morgan fingerprint density at radius 1 is 1.00 bits per heavy atom. The third kappa shape index (κ3) is 6.73. The maximum absolute atomic E-state index is 5.68. The largest absolute Gasteiger partial charge is 0.494 e. The van der Waals surface area contributed by atoms with E-state index in [2.05, 4.69) is 46.8 Å². The number of aryl methyl sites for hydroxylation is 1. The Morgan fingerprint density at radius 3 is 2.58 bits per heavy atom. The lowest BCUT2D eigenvalue weighted by atomic mass is 10.1. The highest BCUT2D eigenvalue weighted by Gasteiger charge is 1.99. The van der Waals surface area contributed by atoms with Crippen molar-refractivity contribution in [2.45, 2.75) is 26.3 Å². The molecule has 0 aromatic heterocycles. The number of nitrogens with zero attached hydrogens (tertiary/aromatic N) is 1. The van der Waals surface area contributed by atoms with Crippen LogP contribution in [0.3, 0.4) is 0 Å². The lowest BCUT2D eigenvalue weighted by molar-refractivity contribution is 0.307. The summed E-state index contributed by atoms with van der Waals surface area (Å²) < 4.78 is 5.68. The summed E-state index contributed by atoms with van der Waals surface area (Å²) >= 11 is 0. The molecule has 0 atom stereocenters. The van der Waals surface area contributed by atoms with E-state index in [1.165, 1.54) is 11.1 Å². The van der Waals surface area contributed by atoms with Crippen molar-refractivity contribution in [2.24, 2.45) is 4.99 Å². The van der Waals surface area contributed by atoms with E-state index in [0.29, 0.717) is 0 Å². The molecule has 0 spiro atoms. The zero-order chi connectivity index (χ0) is 17.0. The molecule has 2 rings (SSSR count). The monoisotopic (exact) mass is 325 g/mol. The van der Waals surface area contributed by atoms with Gasteiger partial charge in [-0.2, -0.15) is 0 Å².